The van der Waals surface area contributed by atoms with Gasteiger partial charge in [0.25, 0.3) is 0 Å². The molecule has 20 heavy (non-hydrogen) atoms. The first-order valence-corrected chi connectivity index (χ1v) is 6.37. The second-order valence-electron chi connectivity index (χ2n) is 4.05. The van der Waals surface area contributed by atoms with Crippen molar-refractivity contribution in [1.82, 2.24) is 19.7 Å². The van der Waals surface area contributed by atoms with Gasteiger partial charge in [-0.1, -0.05) is 0 Å². The van der Waals surface area contributed by atoms with E-state index in [-0.39, 0.29) is 5.84 Å². The highest BCUT2D eigenvalue weighted by molar-refractivity contribution is 7.99. The number of pyridine rings is 1. The molecule has 0 fully saturated rings. The third-order valence-corrected chi connectivity index (χ3v) is 3.35. The lowest BCUT2D eigenvalue weighted by Gasteiger charge is -2.07. The first kappa shape index (κ1) is 14.0. The van der Waals surface area contributed by atoms with Crippen molar-refractivity contribution in [1.29, 1.82) is 5.41 Å². The molecule has 0 spiro atoms. The minimum absolute atomic E-state index is 0.0688. The summed E-state index contributed by atoms with van der Waals surface area (Å²) in [6.45, 7) is 1.77. The minimum atomic E-state index is -0.856. The Morgan fingerprint density at radius 2 is 2.10 bits per heavy atom. The van der Waals surface area contributed by atoms with E-state index in [1.165, 1.54) is 4.68 Å². The lowest BCUT2D eigenvalue weighted by molar-refractivity contribution is 0.596. The molecule has 0 saturated carbocycles. The molecule has 0 bridgehead atoms. The van der Waals surface area contributed by atoms with E-state index in [4.69, 9.17) is 11.1 Å². The number of nitrogen functional groups attached to an aromatic ring is 1. The third kappa shape index (κ3) is 2.94. The molecule has 4 N–H and O–H groups in total. The predicted molar refractivity (Wildman–Crippen MR) is 74.2 cm³/mol. The Labute approximate surface area is 117 Å². The largest absolute Gasteiger partial charge is 0.384 e. The summed E-state index contributed by atoms with van der Waals surface area (Å²) < 4.78 is 1.34. The summed E-state index contributed by atoms with van der Waals surface area (Å²) in [6.07, 6.45) is 0. The summed E-state index contributed by atoms with van der Waals surface area (Å²) in [5, 5.41) is 10.6. The maximum atomic E-state index is 11.3. The third-order valence-electron chi connectivity index (χ3n) is 2.38. The standard InChI is InChI=1S/C11H12N6O2S/c1-5-3-6(8(12)13)4-7(14-5)20-11-15-9(18)10(19)16-17(11)2/h3-4H,1-2H3,(H3,12,13)(H,16,19). The number of amidine groups is 1. The van der Waals surface area contributed by atoms with Crippen LogP contribution in [0.25, 0.3) is 0 Å². The van der Waals surface area contributed by atoms with E-state index in [0.29, 0.717) is 21.4 Å². The van der Waals surface area contributed by atoms with Crippen LogP contribution in [-0.2, 0) is 7.05 Å². The second-order valence-corrected chi connectivity index (χ2v) is 5.04. The van der Waals surface area contributed by atoms with Gasteiger partial charge in [-0.25, -0.2) is 4.98 Å². The zero-order chi connectivity index (χ0) is 14.9. The van der Waals surface area contributed by atoms with Gasteiger partial charge in [0.15, 0.2) is 5.16 Å². The minimum Gasteiger partial charge on any atom is -0.384 e. The average molecular weight is 292 g/mol. The van der Waals surface area contributed by atoms with Crippen LogP contribution in [0.2, 0.25) is 0 Å². The van der Waals surface area contributed by atoms with Crippen LogP contribution in [0.1, 0.15) is 11.3 Å². The number of nitrogens with one attached hydrogen (secondary N) is 2. The van der Waals surface area contributed by atoms with Gasteiger partial charge in [0.2, 0.25) is 0 Å². The molecule has 2 aromatic rings. The van der Waals surface area contributed by atoms with Crippen LogP contribution in [0.15, 0.2) is 31.9 Å². The first-order valence-electron chi connectivity index (χ1n) is 5.55. The summed E-state index contributed by atoms with van der Waals surface area (Å²) in [5.74, 6) is -0.0688. The summed E-state index contributed by atoms with van der Waals surface area (Å²) in [4.78, 5) is 30.3. The maximum Gasteiger partial charge on any atom is 0.339 e. The number of hydrogen-bond donors (Lipinski definition) is 3. The zero-order valence-corrected chi connectivity index (χ0v) is 11.6. The van der Waals surface area contributed by atoms with Crippen molar-refractivity contribution in [2.24, 2.45) is 12.8 Å². The van der Waals surface area contributed by atoms with Crippen molar-refractivity contribution in [3.63, 3.8) is 0 Å². The molecule has 104 valence electrons. The fourth-order valence-corrected chi connectivity index (χ4v) is 2.37. The Bertz CT molecular complexity index is 794. The summed E-state index contributed by atoms with van der Waals surface area (Å²) in [5.41, 5.74) is 5.04. The van der Waals surface area contributed by atoms with Gasteiger partial charge in [-0.3, -0.25) is 24.8 Å². The highest BCUT2D eigenvalue weighted by Crippen LogP contribution is 2.23. The van der Waals surface area contributed by atoms with Crippen molar-refractivity contribution in [3.05, 3.63) is 44.1 Å². The topological polar surface area (TPSA) is 131 Å². The first-order chi connectivity index (χ1) is 9.36. The van der Waals surface area contributed by atoms with E-state index in [0.717, 1.165) is 11.8 Å². The lowest BCUT2D eigenvalue weighted by atomic mass is 10.2. The van der Waals surface area contributed by atoms with Crippen LogP contribution in [0.3, 0.4) is 0 Å². The number of rotatable bonds is 3. The molecule has 0 amide bonds. The van der Waals surface area contributed by atoms with E-state index in [9.17, 15) is 9.59 Å². The van der Waals surface area contributed by atoms with Crippen LogP contribution < -0.4 is 16.9 Å². The number of H-pyrrole nitrogens is 1. The van der Waals surface area contributed by atoms with E-state index in [1.54, 1.807) is 26.1 Å². The highest BCUT2D eigenvalue weighted by atomic mass is 32.2. The Morgan fingerprint density at radius 1 is 1.40 bits per heavy atom. The van der Waals surface area contributed by atoms with Crippen molar-refractivity contribution in [3.8, 4) is 0 Å². The van der Waals surface area contributed by atoms with Crippen molar-refractivity contribution in [2.45, 2.75) is 17.1 Å². The summed E-state index contributed by atoms with van der Waals surface area (Å²) >= 11 is 1.10. The number of aryl methyl sites for hydroxylation is 2. The monoisotopic (exact) mass is 292 g/mol. The Balaban J connectivity index is 2.45. The Morgan fingerprint density at radius 3 is 2.75 bits per heavy atom. The quantitative estimate of drug-likeness (QED) is 0.401. The number of aromatic nitrogens is 4. The van der Waals surface area contributed by atoms with Crippen molar-refractivity contribution < 1.29 is 0 Å². The molecule has 0 radical (unpaired) electrons. The molecule has 8 nitrogen and oxygen atoms in total. The molecule has 0 aliphatic heterocycles. The molecule has 2 rings (SSSR count). The molecular weight excluding hydrogens is 280 g/mol. The van der Waals surface area contributed by atoms with Gasteiger partial charge in [0, 0.05) is 18.3 Å². The molecule has 0 aliphatic rings. The van der Waals surface area contributed by atoms with Gasteiger partial charge < -0.3 is 5.73 Å². The van der Waals surface area contributed by atoms with Gasteiger partial charge in [0.05, 0.1) is 0 Å². The van der Waals surface area contributed by atoms with Crippen LogP contribution in [0, 0.1) is 12.3 Å². The average Bonchev–Trinajstić information content (AvgIpc) is 2.35. The number of hydrogen-bond acceptors (Lipinski definition) is 6. The normalized spacial score (nSPS) is 10.5. The zero-order valence-electron chi connectivity index (χ0n) is 10.8. The molecule has 0 unspecified atom stereocenters. The van der Waals surface area contributed by atoms with Gasteiger partial charge in [-0.05, 0) is 30.8 Å². The molecule has 0 saturated heterocycles. The van der Waals surface area contributed by atoms with E-state index in [1.807, 2.05) is 0 Å². The van der Waals surface area contributed by atoms with Crippen LogP contribution in [-0.4, -0.2) is 25.6 Å². The fourth-order valence-electron chi connectivity index (χ4n) is 1.49. The molecule has 0 atom stereocenters. The molecule has 9 heteroatoms. The van der Waals surface area contributed by atoms with Crippen LogP contribution in [0.5, 0.6) is 0 Å². The summed E-state index contributed by atoms with van der Waals surface area (Å²) in [7, 11) is 1.57. The van der Waals surface area contributed by atoms with Gasteiger partial charge in [-0.2, -0.15) is 4.98 Å². The summed E-state index contributed by atoms with van der Waals surface area (Å²) in [6, 6.07) is 3.31. The predicted octanol–water partition coefficient (Wildman–Crippen LogP) is -0.393. The van der Waals surface area contributed by atoms with Gasteiger partial charge in [0.1, 0.15) is 10.9 Å². The number of nitrogens with two attached hydrogens (primary N) is 1. The number of aromatic amines is 1. The Kier molecular flexibility index (Phi) is 3.70. The smallest absolute Gasteiger partial charge is 0.339 e. The fraction of sp³-hybridized carbons (Fsp3) is 0.182. The number of nitrogens with zero attached hydrogens (tertiary/aromatic N) is 3. The van der Waals surface area contributed by atoms with Crippen LogP contribution >= 0.6 is 11.8 Å². The Hall–Kier alpha value is -2.42. The van der Waals surface area contributed by atoms with Crippen molar-refractivity contribution in [2.75, 3.05) is 0 Å². The molecule has 2 aromatic heterocycles. The lowest BCUT2D eigenvalue weighted by Crippen LogP contribution is -2.33. The molecule has 0 aliphatic carbocycles. The molecular formula is C11H12N6O2S. The van der Waals surface area contributed by atoms with E-state index in [2.05, 4.69) is 15.1 Å². The highest BCUT2D eigenvalue weighted by Gasteiger charge is 2.09. The van der Waals surface area contributed by atoms with Crippen molar-refractivity contribution >= 4 is 17.6 Å². The van der Waals surface area contributed by atoms with E-state index >= 15 is 0 Å². The molecule has 0 aromatic carbocycles. The van der Waals surface area contributed by atoms with Gasteiger partial charge in [-0.15, -0.1) is 0 Å². The molecule has 2 heterocycles. The maximum absolute atomic E-state index is 11.3. The van der Waals surface area contributed by atoms with Gasteiger partial charge >= 0.3 is 11.1 Å². The van der Waals surface area contributed by atoms with E-state index < -0.39 is 11.1 Å². The second kappa shape index (κ2) is 5.29. The SMILES string of the molecule is Cc1cc(C(=N)N)cc(Sc2nc(=O)c(=O)[nH]n2C)n1. The van der Waals surface area contributed by atoms with Crippen LogP contribution in [0.4, 0.5) is 0 Å².